The third-order valence-corrected chi connectivity index (χ3v) is 4.27. The van der Waals surface area contributed by atoms with Crippen LogP contribution in [0, 0.1) is 0 Å². The fourth-order valence-corrected chi connectivity index (χ4v) is 3.07. The van der Waals surface area contributed by atoms with Gasteiger partial charge >= 0.3 is 0 Å². The SMILES string of the molecule is C=Cc1cc(N2CC(c3ccccc3)CC2=O)ccc1C=NC. The van der Waals surface area contributed by atoms with Gasteiger partial charge < -0.3 is 4.90 Å². The van der Waals surface area contributed by atoms with Crippen molar-refractivity contribution >= 4 is 23.9 Å². The number of hydrogen-bond donors (Lipinski definition) is 0. The van der Waals surface area contributed by atoms with E-state index < -0.39 is 0 Å². The van der Waals surface area contributed by atoms with Crippen LogP contribution in [-0.4, -0.2) is 25.7 Å². The third-order valence-electron chi connectivity index (χ3n) is 4.27. The summed E-state index contributed by atoms with van der Waals surface area (Å²) in [5.41, 5.74) is 4.15. The van der Waals surface area contributed by atoms with Gasteiger partial charge in [0.1, 0.15) is 0 Å². The van der Waals surface area contributed by atoms with Gasteiger partial charge in [-0.25, -0.2) is 0 Å². The number of hydrogen-bond acceptors (Lipinski definition) is 2. The maximum absolute atomic E-state index is 12.4. The number of benzene rings is 2. The zero-order valence-electron chi connectivity index (χ0n) is 13.3. The summed E-state index contributed by atoms with van der Waals surface area (Å²) < 4.78 is 0. The first-order valence-corrected chi connectivity index (χ1v) is 7.77. The van der Waals surface area contributed by atoms with Gasteiger partial charge in [-0.15, -0.1) is 0 Å². The number of nitrogens with zero attached hydrogens (tertiary/aromatic N) is 2. The lowest BCUT2D eigenvalue weighted by atomic mass is 9.98. The van der Waals surface area contributed by atoms with E-state index in [1.165, 1.54) is 5.56 Å². The minimum atomic E-state index is 0.172. The molecule has 3 rings (SSSR count). The van der Waals surface area contributed by atoms with Crippen LogP contribution in [0.5, 0.6) is 0 Å². The Kier molecular flexibility index (Phi) is 4.38. The molecule has 0 saturated carbocycles. The molecule has 2 aromatic carbocycles. The Hall–Kier alpha value is -2.68. The molecule has 1 aliphatic heterocycles. The minimum Gasteiger partial charge on any atom is -0.312 e. The predicted molar refractivity (Wildman–Crippen MR) is 96.2 cm³/mol. The number of amides is 1. The Labute approximate surface area is 137 Å². The molecule has 0 N–H and O–H groups in total. The molecule has 0 aromatic heterocycles. The Balaban J connectivity index is 1.87. The normalized spacial score (nSPS) is 17.9. The van der Waals surface area contributed by atoms with Crippen molar-refractivity contribution in [1.29, 1.82) is 0 Å². The summed E-state index contributed by atoms with van der Waals surface area (Å²) in [6.07, 6.45) is 4.17. The van der Waals surface area contributed by atoms with Crippen LogP contribution in [0.4, 0.5) is 5.69 Å². The number of rotatable bonds is 4. The van der Waals surface area contributed by atoms with E-state index in [2.05, 4.69) is 23.7 Å². The maximum Gasteiger partial charge on any atom is 0.227 e. The van der Waals surface area contributed by atoms with E-state index in [0.717, 1.165) is 23.4 Å². The summed E-state index contributed by atoms with van der Waals surface area (Å²) in [7, 11) is 1.75. The van der Waals surface area contributed by atoms with Gasteiger partial charge in [0.15, 0.2) is 0 Å². The Bertz CT molecular complexity index is 749. The summed E-state index contributed by atoms with van der Waals surface area (Å²) in [5.74, 6) is 0.429. The lowest BCUT2D eigenvalue weighted by molar-refractivity contribution is -0.117. The van der Waals surface area contributed by atoms with E-state index in [-0.39, 0.29) is 11.8 Å². The fourth-order valence-electron chi connectivity index (χ4n) is 3.07. The highest BCUT2D eigenvalue weighted by molar-refractivity contribution is 5.97. The van der Waals surface area contributed by atoms with Crippen LogP contribution in [0.3, 0.4) is 0 Å². The van der Waals surface area contributed by atoms with Crippen LogP contribution in [0.2, 0.25) is 0 Å². The molecule has 3 heteroatoms. The molecule has 0 radical (unpaired) electrons. The average Bonchev–Trinajstić information content (AvgIpc) is 2.98. The first-order valence-electron chi connectivity index (χ1n) is 7.77. The monoisotopic (exact) mass is 304 g/mol. The number of aliphatic imine (C=N–C) groups is 1. The molecule has 1 fully saturated rings. The highest BCUT2D eigenvalue weighted by atomic mass is 16.2. The topological polar surface area (TPSA) is 32.7 Å². The van der Waals surface area contributed by atoms with Gasteiger partial charge in [-0.2, -0.15) is 0 Å². The second-order valence-corrected chi connectivity index (χ2v) is 5.72. The van der Waals surface area contributed by atoms with E-state index >= 15 is 0 Å². The van der Waals surface area contributed by atoms with Gasteiger partial charge in [-0.3, -0.25) is 9.79 Å². The summed E-state index contributed by atoms with van der Waals surface area (Å²) in [6.45, 7) is 4.58. The summed E-state index contributed by atoms with van der Waals surface area (Å²) in [4.78, 5) is 18.4. The molecule has 116 valence electrons. The smallest absolute Gasteiger partial charge is 0.227 e. The molecule has 1 unspecified atom stereocenters. The van der Waals surface area contributed by atoms with Crippen molar-refractivity contribution in [2.75, 3.05) is 18.5 Å². The standard InChI is InChI=1S/C20H20N2O/c1-3-15-11-19(10-9-17(15)13-21-2)22-14-18(12-20(22)23)16-7-5-4-6-8-16/h3-11,13,18H,1,12,14H2,2H3. The van der Waals surface area contributed by atoms with Gasteiger partial charge in [0, 0.05) is 37.8 Å². The van der Waals surface area contributed by atoms with Crippen molar-refractivity contribution in [3.63, 3.8) is 0 Å². The zero-order chi connectivity index (χ0) is 16.2. The number of carbonyl (C=O) groups excluding carboxylic acids is 1. The molecular formula is C20H20N2O. The highest BCUT2D eigenvalue weighted by Crippen LogP contribution is 2.32. The van der Waals surface area contributed by atoms with Gasteiger partial charge in [0.05, 0.1) is 0 Å². The molecule has 1 saturated heterocycles. The lowest BCUT2D eigenvalue weighted by Gasteiger charge is -2.18. The first-order chi connectivity index (χ1) is 11.2. The second-order valence-electron chi connectivity index (χ2n) is 5.72. The molecule has 2 aromatic rings. The Morgan fingerprint density at radius 1 is 1.17 bits per heavy atom. The van der Waals surface area contributed by atoms with Crippen LogP contribution >= 0.6 is 0 Å². The average molecular weight is 304 g/mol. The van der Waals surface area contributed by atoms with E-state index in [1.807, 2.05) is 41.3 Å². The molecule has 3 nitrogen and oxygen atoms in total. The van der Waals surface area contributed by atoms with Crippen molar-refractivity contribution in [1.82, 2.24) is 0 Å². The van der Waals surface area contributed by atoms with Crippen molar-refractivity contribution in [2.24, 2.45) is 4.99 Å². The summed E-state index contributed by atoms with van der Waals surface area (Å²) in [6, 6.07) is 16.2. The first kappa shape index (κ1) is 15.2. The van der Waals surface area contributed by atoms with E-state index in [9.17, 15) is 4.79 Å². The lowest BCUT2D eigenvalue weighted by Crippen LogP contribution is -2.24. The van der Waals surface area contributed by atoms with Crippen LogP contribution in [0.25, 0.3) is 6.08 Å². The zero-order valence-corrected chi connectivity index (χ0v) is 13.3. The van der Waals surface area contributed by atoms with Crippen LogP contribution in [-0.2, 0) is 4.79 Å². The van der Waals surface area contributed by atoms with E-state index in [1.54, 1.807) is 19.3 Å². The molecule has 1 amide bonds. The van der Waals surface area contributed by atoms with Gasteiger partial charge in [0.25, 0.3) is 0 Å². The van der Waals surface area contributed by atoms with E-state index in [0.29, 0.717) is 6.42 Å². The van der Waals surface area contributed by atoms with Crippen molar-refractivity contribution < 1.29 is 4.79 Å². The molecular weight excluding hydrogens is 284 g/mol. The third kappa shape index (κ3) is 3.09. The summed E-state index contributed by atoms with van der Waals surface area (Å²) >= 11 is 0. The molecule has 1 heterocycles. The molecule has 0 bridgehead atoms. The Morgan fingerprint density at radius 2 is 1.96 bits per heavy atom. The van der Waals surface area contributed by atoms with Crippen LogP contribution < -0.4 is 4.90 Å². The second kappa shape index (κ2) is 6.61. The van der Waals surface area contributed by atoms with Crippen LogP contribution in [0.1, 0.15) is 29.0 Å². The quantitative estimate of drug-likeness (QED) is 0.789. The van der Waals surface area contributed by atoms with Crippen molar-refractivity contribution in [3.05, 3.63) is 71.8 Å². The Morgan fingerprint density at radius 3 is 2.65 bits per heavy atom. The number of carbonyl (C=O) groups is 1. The maximum atomic E-state index is 12.4. The molecule has 23 heavy (non-hydrogen) atoms. The highest BCUT2D eigenvalue weighted by Gasteiger charge is 2.31. The van der Waals surface area contributed by atoms with E-state index in [4.69, 9.17) is 0 Å². The van der Waals surface area contributed by atoms with Gasteiger partial charge in [-0.05, 0) is 28.8 Å². The van der Waals surface area contributed by atoms with Crippen molar-refractivity contribution in [2.45, 2.75) is 12.3 Å². The molecule has 1 atom stereocenters. The molecule has 0 aliphatic carbocycles. The molecule has 0 spiro atoms. The largest absolute Gasteiger partial charge is 0.312 e. The minimum absolute atomic E-state index is 0.172. The molecule has 1 aliphatic rings. The van der Waals surface area contributed by atoms with Crippen molar-refractivity contribution in [3.8, 4) is 0 Å². The fraction of sp³-hybridized carbons (Fsp3) is 0.200. The van der Waals surface area contributed by atoms with Gasteiger partial charge in [-0.1, -0.05) is 49.1 Å². The number of anilines is 1. The predicted octanol–water partition coefficient (Wildman–Crippen LogP) is 3.90. The van der Waals surface area contributed by atoms with Gasteiger partial charge in [0.2, 0.25) is 5.91 Å². The summed E-state index contributed by atoms with van der Waals surface area (Å²) in [5, 5.41) is 0. The van der Waals surface area contributed by atoms with Crippen LogP contribution in [0.15, 0.2) is 60.1 Å².